The van der Waals surface area contributed by atoms with Crippen molar-refractivity contribution in [1.29, 1.82) is 0 Å². The summed E-state index contributed by atoms with van der Waals surface area (Å²) in [5, 5.41) is 15.6. The molecule has 0 saturated heterocycles. The van der Waals surface area contributed by atoms with Gasteiger partial charge in [-0.1, -0.05) is 53.1 Å². The van der Waals surface area contributed by atoms with Crippen LogP contribution in [0, 0.1) is 12.8 Å². The Morgan fingerprint density at radius 3 is 2.48 bits per heavy atom. The Morgan fingerprint density at radius 1 is 1.15 bits per heavy atom. The molecule has 0 spiro atoms. The lowest BCUT2D eigenvalue weighted by Crippen LogP contribution is -2.33. The lowest BCUT2D eigenvalue weighted by molar-refractivity contribution is -0.113. The van der Waals surface area contributed by atoms with Crippen LogP contribution in [0.1, 0.15) is 41.6 Å². The summed E-state index contributed by atoms with van der Waals surface area (Å²) in [4.78, 5) is 25.1. The predicted octanol–water partition coefficient (Wildman–Crippen LogP) is 5.40. The van der Waals surface area contributed by atoms with Crippen LogP contribution in [0.2, 0.25) is 5.02 Å². The number of nitrogens with one attached hydrogen (secondary N) is 2. The van der Waals surface area contributed by atoms with Crippen molar-refractivity contribution in [2.45, 2.75) is 32.0 Å². The molecule has 2 N–H and O–H groups in total. The van der Waals surface area contributed by atoms with Crippen molar-refractivity contribution in [3.05, 3.63) is 68.9 Å². The first-order chi connectivity index (χ1) is 15.7. The zero-order valence-electron chi connectivity index (χ0n) is 18.7. The molecule has 0 aliphatic heterocycles. The van der Waals surface area contributed by atoms with Gasteiger partial charge in [-0.15, -0.1) is 10.2 Å². The van der Waals surface area contributed by atoms with Gasteiger partial charge in [0.2, 0.25) is 5.91 Å². The van der Waals surface area contributed by atoms with Crippen LogP contribution in [0.25, 0.3) is 0 Å². The number of benzene rings is 2. The van der Waals surface area contributed by atoms with Gasteiger partial charge in [-0.3, -0.25) is 9.59 Å². The molecule has 1 atom stereocenters. The summed E-state index contributed by atoms with van der Waals surface area (Å²) in [6.45, 7) is 5.97. The minimum absolute atomic E-state index is 0.0749. The minimum Gasteiger partial charge on any atom is -0.342 e. The largest absolute Gasteiger partial charge is 0.342 e. The molecule has 174 valence electrons. The van der Waals surface area contributed by atoms with Gasteiger partial charge in [-0.05, 0) is 60.9 Å². The number of carbonyl (C=O) groups excluding carboxylic acids is 2. The van der Waals surface area contributed by atoms with E-state index in [0.29, 0.717) is 21.6 Å². The number of thioether (sulfide) groups is 1. The second kappa shape index (κ2) is 11.2. The van der Waals surface area contributed by atoms with Crippen LogP contribution in [-0.2, 0) is 11.8 Å². The molecule has 0 aliphatic rings. The molecule has 0 fully saturated rings. The molecule has 1 heterocycles. The normalized spacial score (nSPS) is 12.0. The Morgan fingerprint density at radius 2 is 1.85 bits per heavy atom. The molecular formula is C23H25BrClN5O2S. The van der Waals surface area contributed by atoms with Gasteiger partial charge in [0.15, 0.2) is 11.0 Å². The van der Waals surface area contributed by atoms with Gasteiger partial charge < -0.3 is 15.2 Å². The van der Waals surface area contributed by atoms with Crippen molar-refractivity contribution >= 4 is 56.8 Å². The Balaban J connectivity index is 1.65. The monoisotopic (exact) mass is 549 g/mol. The highest BCUT2D eigenvalue weighted by Crippen LogP contribution is 2.25. The lowest BCUT2D eigenvalue weighted by Gasteiger charge is -2.21. The highest BCUT2D eigenvalue weighted by atomic mass is 79.9. The van der Waals surface area contributed by atoms with Gasteiger partial charge in [-0.25, -0.2) is 0 Å². The quantitative estimate of drug-likeness (QED) is 0.367. The SMILES string of the molecule is Cc1cc(NC(=O)CSc2nnc([C@H](NC(=O)c3ccc(Cl)cc3)C(C)C)n2C)ccc1Br. The van der Waals surface area contributed by atoms with E-state index in [-0.39, 0.29) is 29.5 Å². The van der Waals surface area contributed by atoms with Gasteiger partial charge in [0.1, 0.15) is 0 Å². The standard InChI is InChI=1S/C23H25BrClN5O2S/c1-13(2)20(27-22(32)15-5-7-16(25)8-6-15)21-28-29-23(30(21)4)33-12-19(31)26-17-9-10-18(24)14(3)11-17/h5-11,13,20H,12H2,1-4H3,(H,26,31)(H,27,32)/t20-/m1/s1. The predicted molar refractivity (Wildman–Crippen MR) is 136 cm³/mol. The number of rotatable bonds is 8. The molecule has 33 heavy (non-hydrogen) atoms. The van der Waals surface area contributed by atoms with E-state index in [2.05, 4.69) is 36.8 Å². The number of halogens is 2. The fourth-order valence-electron chi connectivity index (χ4n) is 3.13. The van der Waals surface area contributed by atoms with E-state index in [4.69, 9.17) is 11.6 Å². The van der Waals surface area contributed by atoms with Crippen LogP contribution in [-0.4, -0.2) is 32.3 Å². The summed E-state index contributed by atoms with van der Waals surface area (Å²) in [6, 6.07) is 12.0. The maximum Gasteiger partial charge on any atom is 0.251 e. The minimum atomic E-state index is -0.348. The van der Waals surface area contributed by atoms with Gasteiger partial charge in [-0.2, -0.15) is 0 Å². The van der Waals surface area contributed by atoms with Crippen molar-refractivity contribution in [3.63, 3.8) is 0 Å². The molecule has 0 aliphatic carbocycles. The second-order valence-corrected chi connectivity index (χ2v) is 10.1. The topological polar surface area (TPSA) is 88.9 Å². The number of amides is 2. The van der Waals surface area contributed by atoms with Gasteiger partial charge >= 0.3 is 0 Å². The van der Waals surface area contributed by atoms with Crippen molar-refractivity contribution in [1.82, 2.24) is 20.1 Å². The van der Waals surface area contributed by atoms with E-state index in [1.54, 1.807) is 24.3 Å². The lowest BCUT2D eigenvalue weighted by atomic mass is 10.0. The summed E-state index contributed by atoms with van der Waals surface area (Å²) < 4.78 is 2.80. The molecule has 2 aromatic carbocycles. The van der Waals surface area contributed by atoms with Crippen molar-refractivity contribution < 1.29 is 9.59 Å². The first-order valence-corrected chi connectivity index (χ1v) is 12.5. The van der Waals surface area contributed by atoms with Crippen molar-refractivity contribution in [2.75, 3.05) is 11.1 Å². The van der Waals surface area contributed by atoms with E-state index in [9.17, 15) is 9.59 Å². The molecule has 2 amide bonds. The Kier molecular flexibility index (Phi) is 8.56. The van der Waals surface area contributed by atoms with Crippen LogP contribution < -0.4 is 10.6 Å². The molecule has 0 bridgehead atoms. The van der Waals surface area contributed by atoms with Crippen molar-refractivity contribution in [2.24, 2.45) is 13.0 Å². The van der Waals surface area contributed by atoms with Crippen LogP contribution in [0.15, 0.2) is 52.1 Å². The number of nitrogens with zero attached hydrogens (tertiary/aromatic N) is 3. The average molecular weight is 551 g/mol. The second-order valence-electron chi connectivity index (χ2n) is 7.90. The van der Waals surface area contributed by atoms with E-state index < -0.39 is 0 Å². The number of hydrogen-bond donors (Lipinski definition) is 2. The number of hydrogen-bond acceptors (Lipinski definition) is 5. The van der Waals surface area contributed by atoms with Crippen LogP contribution in [0.3, 0.4) is 0 Å². The van der Waals surface area contributed by atoms with Crippen molar-refractivity contribution in [3.8, 4) is 0 Å². The number of aryl methyl sites for hydroxylation is 1. The Labute approximate surface area is 210 Å². The molecule has 10 heteroatoms. The molecule has 3 rings (SSSR count). The number of anilines is 1. The molecule has 0 saturated carbocycles. The van der Waals surface area contributed by atoms with Crippen LogP contribution >= 0.6 is 39.3 Å². The maximum atomic E-state index is 12.7. The zero-order valence-corrected chi connectivity index (χ0v) is 21.9. The summed E-state index contributed by atoms with van der Waals surface area (Å²) in [5.74, 6) is 0.532. The average Bonchev–Trinajstić information content (AvgIpc) is 3.13. The summed E-state index contributed by atoms with van der Waals surface area (Å²) >= 11 is 10.7. The Hall–Kier alpha value is -2.36. The van der Waals surface area contributed by atoms with E-state index in [1.807, 2.05) is 50.6 Å². The molecule has 0 radical (unpaired) electrons. The van der Waals surface area contributed by atoms with Crippen LogP contribution in [0.5, 0.6) is 0 Å². The molecular weight excluding hydrogens is 526 g/mol. The molecule has 0 unspecified atom stereocenters. The number of aromatic nitrogens is 3. The smallest absolute Gasteiger partial charge is 0.251 e. The van der Waals surface area contributed by atoms with Crippen LogP contribution in [0.4, 0.5) is 5.69 Å². The maximum absolute atomic E-state index is 12.7. The summed E-state index contributed by atoms with van der Waals surface area (Å²) in [6.07, 6.45) is 0. The van der Waals surface area contributed by atoms with E-state index >= 15 is 0 Å². The van der Waals surface area contributed by atoms with Gasteiger partial charge in [0.05, 0.1) is 11.8 Å². The molecule has 7 nitrogen and oxygen atoms in total. The van der Waals surface area contributed by atoms with Gasteiger partial charge in [0.25, 0.3) is 5.91 Å². The number of carbonyl (C=O) groups is 2. The zero-order chi connectivity index (χ0) is 24.1. The first-order valence-electron chi connectivity index (χ1n) is 10.3. The Bertz CT molecular complexity index is 1150. The summed E-state index contributed by atoms with van der Waals surface area (Å²) in [5.41, 5.74) is 2.30. The van der Waals surface area contributed by atoms with E-state index in [1.165, 1.54) is 11.8 Å². The highest BCUT2D eigenvalue weighted by Gasteiger charge is 2.25. The molecule has 3 aromatic rings. The third kappa shape index (κ3) is 6.59. The highest BCUT2D eigenvalue weighted by molar-refractivity contribution is 9.10. The third-order valence-corrected chi connectivity index (χ3v) is 7.14. The van der Waals surface area contributed by atoms with E-state index in [0.717, 1.165) is 15.7 Å². The fraction of sp³-hybridized carbons (Fsp3) is 0.304. The first kappa shape index (κ1) is 25.3. The fourth-order valence-corrected chi connectivity index (χ4v) is 4.22. The van der Waals surface area contributed by atoms with Gasteiger partial charge in [0, 0.05) is 27.8 Å². The summed E-state index contributed by atoms with van der Waals surface area (Å²) in [7, 11) is 1.83. The molecule has 1 aromatic heterocycles. The third-order valence-electron chi connectivity index (χ3n) is 4.98.